The number of rotatable bonds is 8. The largest absolute Gasteiger partial charge is 0.417 e. The van der Waals surface area contributed by atoms with Gasteiger partial charge < -0.3 is 15.1 Å². The molecule has 0 saturated carbocycles. The van der Waals surface area contributed by atoms with Gasteiger partial charge in [0.25, 0.3) is 0 Å². The summed E-state index contributed by atoms with van der Waals surface area (Å²) < 4.78 is 38.1. The van der Waals surface area contributed by atoms with E-state index in [9.17, 15) is 18.0 Å². The van der Waals surface area contributed by atoms with Gasteiger partial charge in [0, 0.05) is 36.8 Å². The van der Waals surface area contributed by atoms with Gasteiger partial charge in [0.15, 0.2) is 0 Å². The molecule has 36 heavy (non-hydrogen) atoms. The first kappa shape index (κ1) is 26.7. The molecular formula is C27H34ClF3N4O. The van der Waals surface area contributed by atoms with Crippen LogP contribution in [0.3, 0.4) is 0 Å². The summed E-state index contributed by atoms with van der Waals surface area (Å²) in [5, 5.41) is 3.97. The molecule has 0 atom stereocenters. The molecule has 0 bridgehead atoms. The van der Waals surface area contributed by atoms with Crippen LogP contribution in [-0.4, -0.2) is 59.5 Å². The van der Waals surface area contributed by atoms with Crippen molar-refractivity contribution in [2.24, 2.45) is 5.92 Å². The van der Waals surface area contributed by atoms with Gasteiger partial charge in [-0.05, 0) is 93.9 Å². The average molecular weight is 523 g/mol. The number of alkyl halides is 3. The minimum atomic E-state index is -4.38. The highest BCUT2D eigenvalue weighted by molar-refractivity contribution is 6.30. The summed E-state index contributed by atoms with van der Waals surface area (Å²) in [6.07, 6.45) is 2.89. The molecule has 0 spiro atoms. The maximum atomic E-state index is 12.7. The zero-order chi connectivity index (χ0) is 25.5. The first-order valence-corrected chi connectivity index (χ1v) is 13.2. The zero-order valence-electron chi connectivity index (χ0n) is 20.4. The average Bonchev–Trinajstić information content (AvgIpc) is 2.87. The van der Waals surface area contributed by atoms with Crippen LogP contribution < -0.4 is 5.32 Å². The van der Waals surface area contributed by atoms with Gasteiger partial charge in [0.2, 0.25) is 5.91 Å². The van der Waals surface area contributed by atoms with E-state index in [1.54, 1.807) is 0 Å². The Morgan fingerprint density at radius 1 is 1.00 bits per heavy atom. The van der Waals surface area contributed by atoms with E-state index < -0.39 is 11.7 Å². The Morgan fingerprint density at radius 3 is 2.31 bits per heavy atom. The van der Waals surface area contributed by atoms with Crippen molar-refractivity contribution in [1.29, 1.82) is 0 Å². The standard InChI is InChI=1S/C27H34ClF3N4O/c28-23-6-3-20(4-7-23)18-21-9-14-34(15-10-21)13-1-2-26(36)35-16-11-24(12-17-35)33-25-8-5-22(19-32-25)27(29,30)31/h3-8,19,21,24H,1-2,9-18H2,(H,32,33). The first-order valence-electron chi connectivity index (χ1n) is 12.8. The number of amides is 1. The minimum Gasteiger partial charge on any atom is -0.367 e. The van der Waals surface area contributed by atoms with Gasteiger partial charge in [-0.2, -0.15) is 13.2 Å². The number of piperidine rings is 2. The van der Waals surface area contributed by atoms with Gasteiger partial charge in [0.1, 0.15) is 5.82 Å². The summed E-state index contributed by atoms with van der Waals surface area (Å²) in [5.41, 5.74) is 0.591. The van der Waals surface area contributed by atoms with Crippen LogP contribution in [0.25, 0.3) is 0 Å². The smallest absolute Gasteiger partial charge is 0.367 e. The van der Waals surface area contributed by atoms with Crippen LogP contribution in [0.1, 0.15) is 49.7 Å². The molecule has 2 aliphatic heterocycles. The van der Waals surface area contributed by atoms with Crippen LogP contribution >= 0.6 is 11.6 Å². The molecule has 1 aromatic heterocycles. The predicted molar refractivity (Wildman–Crippen MR) is 136 cm³/mol. The Hall–Kier alpha value is -2.32. The molecule has 9 heteroatoms. The summed E-state index contributed by atoms with van der Waals surface area (Å²) >= 11 is 5.98. The summed E-state index contributed by atoms with van der Waals surface area (Å²) in [4.78, 5) is 20.9. The molecule has 2 fully saturated rings. The van der Waals surface area contributed by atoms with E-state index in [2.05, 4.69) is 27.3 Å². The monoisotopic (exact) mass is 522 g/mol. The number of likely N-dealkylation sites (tertiary alicyclic amines) is 2. The third kappa shape index (κ3) is 7.84. The molecule has 5 nitrogen and oxygen atoms in total. The van der Waals surface area contributed by atoms with E-state index >= 15 is 0 Å². The molecule has 1 N–H and O–H groups in total. The van der Waals surface area contributed by atoms with Crippen molar-refractivity contribution in [3.63, 3.8) is 0 Å². The summed E-state index contributed by atoms with van der Waals surface area (Å²) in [7, 11) is 0. The molecular weight excluding hydrogens is 489 g/mol. The highest BCUT2D eigenvalue weighted by atomic mass is 35.5. The lowest BCUT2D eigenvalue weighted by Crippen LogP contribution is -2.42. The molecule has 0 unspecified atom stereocenters. The summed E-state index contributed by atoms with van der Waals surface area (Å²) in [5.74, 6) is 1.33. The van der Waals surface area contributed by atoms with Gasteiger partial charge in [-0.25, -0.2) is 4.98 Å². The van der Waals surface area contributed by atoms with Crippen molar-refractivity contribution in [2.45, 2.75) is 57.2 Å². The van der Waals surface area contributed by atoms with Crippen LogP contribution in [0.4, 0.5) is 19.0 Å². The predicted octanol–water partition coefficient (Wildman–Crippen LogP) is 5.89. The fraction of sp³-hybridized carbons (Fsp3) is 0.556. The number of carbonyl (C=O) groups is 1. The second kappa shape index (κ2) is 12.3. The number of hydrogen-bond acceptors (Lipinski definition) is 4. The van der Waals surface area contributed by atoms with Crippen molar-refractivity contribution in [1.82, 2.24) is 14.8 Å². The number of halogens is 4. The van der Waals surface area contributed by atoms with Gasteiger partial charge in [0.05, 0.1) is 5.56 Å². The van der Waals surface area contributed by atoms with Gasteiger partial charge in [-0.15, -0.1) is 0 Å². The number of hydrogen-bond donors (Lipinski definition) is 1. The van der Waals surface area contributed by atoms with Crippen molar-refractivity contribution in [3.8, 4) is 0 Å². The van der Waals surface area contributed by atoms with Crippen LogP contribution in [0.5, 0.6) is 0 Å². The van der Waals surface area contributed by atoms with Crippen molar-refractivity contribution >= 4 is 23.3 Å². The molecule has 2 aromatic rings. The second-order valence-electron chi connectivity index (χ2n) is 9.95. The molecule has 196 valence electrons. The minimum absolute atomic E-state index is 0.104. The lowest BCUT2D eigenvalue weighted by molar-refractivity contribution is -0.137. The van der Waals surface area contributed by atoms with Crippen LogP contribution in [0, 0.1) is 5.92 Å². The number of aromatic nitrogens is 1. The molecule has 1 amide bonds. The van der Waals surface area contributed by atoms with Gasteiger partial charge in [-0.1, -0.05) is 23.7 Å². The third-order valence-electron chi connectivity index (χ3n) is 7.30. The van der Waals surface area contributed by atoms with E-state index in [1.807, 2.05) is 17.0 Å². The summed E-state index contributed by atoms with van der Waals surface area (Å²) in [6.45, 7) is 4.44. The number of nitrogens with one attached hydrogen (secondary N) is 1. The first-order chi connectivity index (χ1) is 17.3. The molecule has 2 saturated heterocycles. The maximum Gasteiger partial charge on any atom is 0.417 e. The normalized spacial score (nSPS) is 18.4. The lowest BCUT2D eigenvalue weighted by atomic mass is 9.90. The van der Waals surface area contributed by atoms with E-state index in [1.165, 1.54) is 24.5 Å². The Labute approximate surface area is 216 Å². The Kier molecular flexibility index (Phi) is 9.12. The number of benzene rings is 1. The number of pyridine rings is 1. The zero-order valence-corrected chi connectivity index (χ0v) is 21.2. The second-order valence-corrected chi connectivity index (χ2v) is 10.4. The van der Waals surface area contributed by atoms with Crippen LogP contribution in [0.2, 0.25) is 5.02 Å². The van der Waals surface area contributed by atoms with Crippen molar-refractivity contribution < 1.29 is 18.0 Å². The highest BCUT2D eigenvalue weighted by Gasteiger charge is 2.31. The van der Waals surface area contributed by atoms with E-state index in [0.29, 0.717) is 31.2 Å². The fourth-order valence-electron chi connectivity index (χ4n) is 5.11. The molecule has 0 radical (unpaired) electrons. The lowest BCUT2D eigenvalue weighted by Gasteiger charge is -2.34. The summed E-state index contributed by atoms with van der Waals surface area (Å²) in [6, 6.07) is 10.6. The van der Waals surface area contributed by atoms with Crippen LogP contribution in [0.15, 0.2) is 42.6 Å². The van der Waals surface area contributed by atoms with Crippen LogP contribution in [-0.2, 0) is 17.4 Å². The Bertz CT molecular complexity index is 968. The SMILES string of the molecule is O=C(CCCN1CCC(Cc2ccc(Cl)cc2)CC1)N1CCC(Nc2ccc(C(F)(F)F)cn2)CC1. The molecule has 3 heterocycles. The Balaban J connectivity index is 1.09. The van der Waals surface area contributed by atoms with E-state index in [4.69, 9.17) is 11.6 Å². The maximum absolute atomic E-state index is 12.7. The quantitative estimate of drug-likeness (QED) is 0.469. The number of carbonyl (C=O) groups excluding carboxylic acids is 1. The molecule has 1 aromatic carbocycles. The van der Waals surface area contributed by atoms with Crippen molar-refractivity contribution in [3.05, 3.63) is 58.7 Å². The topological polar surface area (TPSA) is 48.5 Å². The number of nitrogens with zero attached hydrogens (tertiary/aromatic N) is 3. The fourth-order valence-corrected chi connectivity index (χ4v) is 5.24. The number of anilines is 1. The highest BCUT2D eigenvalue weighted by Crippen LogP contribution is 2.29. The molecule has 4 rings (SSSR count). The Morgan fingerprint density at radius 2 is 1.69 bits per heavy atom. The van der Waals surface area contributed by atoms with E-state index in [-0.39, 0.29) is 11.9 Å². The van der Waals surface area contributed by atoms with Gasteiger partial charge in [-0.3, -0.25) is 4.79 Å². The third-order valence-corrected chi connectivity index (χ3v) is 7.55. The molecule has 2 aliphatic rings. The molecule has 0 aliphatic carbocycles. The van der Waals surface area contributed by atoms with Crippen molar-refractivity contribution in [2.75, 3.05) is 38.0 Å². The van der Waals surface area contributed by atoms with Gasteiger partial charge >= 0.3 is 6.18 Å². The van der Waals surface area contributed by atoms with E-state index in [0.717, 1.165) is 62.6 Å².